The van der Waals surface area contributed by atoms with Crippen LogP contribution in [0.3, 0.4) is 0 Å². The minimum absolute atomic E-state index is 0.0203. The van der Waals surface area contributed by atoms with Crippen LogP contribution in [0.1, 0.15) is 23.7 Å². The number of carbonyl (C=O) groups is 1. The normalized spacial score (nSPS) is 20.5. The van der Waals surface area contributed by atoms with Crippen molar-refractivity contribution in [2.75, 3.05) is 18.1 Å². The highest BCUT2D eigenvalue weighted by molar-refractivity contribution is 7.91. The SMILES string of the molecule is CCN(C(=O)c1cc(F)c(F)c(F)c1)C1CCS(=O)(=O)C1. The number of carbonyl (C=O) groups excluding carboxylic acids is 1. The molecule has 0 radical (unpaired) electrons. The van der Waals surface area contributed by atoms with Gasteiger partial charge in [-0.1, -0.05) is 0 Å². The number of hydrogen-bond donors (Lipinski definition) is 0. The minimum Gasteiger partial charge on any atom is -0.335 e. The summed E-state index contributed by atoms with van der Waals surface area (Å²) in [6.45, 7) is 1.83. The molecule has 0 spiro atoms. The molecule has 0 bridgehead atoms. The van der Waals surface area contributed by atoms with E-state index in [1.807, 2.05) is 0 Å². The van der Waals surface area contributed by atoms with E-state index in [1.165, 1.54) is 4.90 Å². The van der Waals surface area contributed by atoms with Crippen LogP contribution in [0, 0.1) is 17.5 Å². The fraction of sp³-hybridized carbons (Fsp3) is 0.462. The Hall–Kier alpha value is -1.57. The number of rotatable bonds is 3. The summed E-state index contributed by atoms with van der Waals surface area (Å²) < 4.78 is 62.2. The summed E-state index contributed by atoms with van der Waals surface area (Å²) in [5.41, 5.74) is -0.336. The molecule has 1 aromatic rings. The quantitative estimate of drug-likeness (QED) is 0.797. The highest BCUT2D eigenvalue weighted by Crippen LogP contribution is 2.21. The Labute approximate surface area is 120 Å². The largest absolute Gasteiger partial charge is 0.335 e. The first-order chi connectivity index (χ1) is 9.75. The van der Waals surface area contributed by atoms with Crippen LogP contribution < -0.4 is 0 Å². The summed E-state index contributed by atoms with van der Waals surface area (Å²) in [6, 6.07) is 0.711. The zero-order valence-electron chi connectivity index (χ0n) is 11.3. The Bertz CT molecular complexity index is 652. The average molecular weight is 321 g/mol. The van der Waals surface area contributed by atoms with Gasteiger partial charge in [0.25, 0.3) is 5.91 Å². The molecule has 116 valence electrons. The third-order valence-corrected chi connectivity index (χ3v) is 5.23. The number of nitrogens with zero attached hydrogens (tertiary/aromatic N) is 1. The van der Waals surface area contributed by atoms with Gasteiger partial charge in [0.2, 0.25) is 0 Å². The van der Waals surface area contributed by atoms with E-state index in [1.54, 1.807) is 6.92 Å². The van der Waals surface area contributed by atoms with E-state index in [0.717, 1.165) is 0 Å². The van der Waals surface area contributed by atoms with E-state index in [2.05, 4.69) is 0 Å². The molecule has 1 aromatic carbocycles. The molecule has 1 saturated heterocycles. The molecular formula is C13H14F3NO3S. The molecule has 1 unspecified atom stereocenters. The first-order valence-electron chi connectivity index (χ1n) is 6.41. The van der Waals surface area contributed by atoms with Crippen LogP contribution in [0.5, 0.6) is 0 Å². The molecule has 21 heavy (non-hydrogen) atoms. The number of benzene rings is 1. The van der Waals surface area contributed by atoms with E-state index >= 15 is 0 Å². The van der Waals surface area contributed by atoms with E-state index in [0.29, 0.717) is 12.1 Å². The average Bonchev–Trinajstić information content (AvgIpc) is 2.76. The zero-order chi connectivity index (χ0) is 15.8. The number of halogens is 3. The van der Waals surface area contributed by atoms with E-state index in [9.17, 15) is 26.4 Å². The van der Waals surface area contributed by atoms with E-state index < -0.39 is 39.2 Å². The lowest BCUT2D eigenvalue weighted by Gasteiger charge is -2.27. The molecule has 0 aromatic heterocycles. The van der Waals surface area contributed by atoms with Crippen molar-refractivity contribution in [2.24, 2.45) is 0 Å². The summed E-state index contributed by atoms with van der Waals surface area (Å²) in [5.74, 6) is -5.44. The molecule has 1 fully saturated rings. The first-order valence-corrected chi connectivity index (χ1v) is 8.23. The Balaban J connectivity index is 2.29. The maximum Gasteiger partial charge on any atom is 0.254 e. The van der Waals surface area contributed by atoms with Crippen molar-refractivity contribution in [3.63, 3.8) is 0 Å². The standard InChI is InChI=1S/C13H14F3NO3S/c1-2-17(9-3-4-21(19,20)7-9)13(18)8-5-10(14)12(16)11(15)6-8/h5-6,9H,2-4,7H2,1H3. The van der Waals surface area contributed by atoms with Crippen LogP contribution in [0.25, 0.3) is 0 Å². The summed E-state index contributed by atoms with van der Waals surface area (Å²) in [7, 11) is -3.19. The van der Waals surface area contributed by atoms with Gasteiger partial charge in [0, 0.05) is 18.2 Å². The third kappa shape index (κ3) is 3.20. The monoisotopic (exact) mass is 321 g/mol. The fourth-order valence-corrected chi connectivity index (χ4v) is 4.16. The highest BCUT2D eigenvalue weighted by Gasteiger charge is 2.34. The smallest absolute Gasteiger partial charge is 0.254 e. The van der Waals surface area contributed by atoms with Crippen molar-refractivity contribution < 1.29 is 26.4 Å². The van der Waals surface area contributed by atoms with Gasteiger partial charge in [0.05, 0.1) is 11.5 Å². The van der Waals surface area contributed by atoms with Gasteiger partial charge in [-0.05, 0) is 25.5 Å². The molecular weight excluding hydrogens is 307 g/mol. The summed E-state index contributed by atoms with van der Waals surface area (Å²) in [5, 5.41) is 0. The molecule has 1 aliphatic heterocycles. The molecule has 1 aliphatic rings. The topological polar surface area (TPSA) is 54.5 Å². The lowest BCUT2D eigenvalue weighted by atomic mass is 10.1. The maximum absolute atomic E-state index is 13.2. The number of sulfone groups is 1. The second kappa shape index (κ2) is 5.67. The Morgan fingerprint density at radius 2 is 1.86 bits per heavy atom. The van der Waals surface area contributed by atoms with Crippen LogP contribution in [-0.4, -0.2) is 43.3 Å². The van der Waals surface area contributed by atoms with Gasteiger partial charge < -0.3 is 4.90 Å². The molecule has 1 heterocycles. The minimum atomic E-state index is -3.19. The summed E-state index contributed by atoms with van der Waals surface area (Å²) in [4.78, 5) is 13.5. The summed E-state index contributed by atoms with van der Waals surface area (Å²) >= 11 is 0. The van der Waals surface area contributed by atoms with Gasteiger partial charge >= 0.3 is 0 Å². The fourth-order valence-electron chi connectivity index (χ4n) is 2.43. The van der Waals surface area contributed by atoms with Crippen LogP contribution in [0.2, 0.25) is 0 Å². The van der Waals surface area contributed by atoms with Gasteiger partial charge in [-0.2, -0.15) is 0 Å². The lowest BCUT2D eigenvalue weighted by Crippen LogP contribution is -2.41. The maximum atomic E-state index is 13.2. The van der Waals surface area contributed by atoms with Crippen LogP contribution in [-0.2, 0) is 9.84 Å². The second-order valence-electron chi connectivity index (χ2n) is 4.90. The van der Waals surface area contributed by atoms with Crippen LogP contribution in [0.4, 0.5) is 13.2 Å². The predicted molar refractivity (Wildman–Crippen MR) is 70.1 cm³/mol. The Morgan fingerprint density at radius 3 is 2.29 bits per heavy atom. The van der Waals surface area contributed by atoms with E-state index in [4.69, 9.17) is 0 Å². The molecule has 0 saturated carbocycles. The predicted octanol–water partition coefficient (Wildman–Crippen LogP) is 1.75. The van der Waals surface area contributed by atoms with Gasteiger partial charge in [0.1, 0.15) is 0 Å². The van der Waals surface area contributed by atoms with Gasteiger partial charge in [-0.25, -0.2) is 21.6 Å². The Morgan fingerprint density at radius 1 is 1.29 bits per heavy atom. The highest BCUT2D eigenvalue weighted by atomic mass is 32.2. The van der Waals surface area contributed by atoms with Crippen molar-refractivity contribution in [3.05, 3.63) is 35.1 Å². The molecule has 1 amide bonds. The summed E-state index contributed by atoms with van der Waals surface area (Å²) in [6.07, 6.45) is 0.286. The molecule has 2 rings (SSSR count). The second-order valence-corrected chi connectivity index (χ2v) is 7.13. The van der Waals surface area contributed by atoms with Crippen molar-refractivity contribution in [2.45, 2.75) is 19.4 Å². The van der Waals surface area contributed by atoms with Crippen molar-refractivity contribution in [3.8, 4) is 0 Å². The zero-order valence-corrected chi connectivity index (χ0v) is 12.1. The van der Waals surface area contributed by atoms with Gasteiger partial charge in [0.15, 0.2) is 27.3 Å². The van der Waals surface area contributed by atoms with Crippen molar-refractivity contribution in [1.82, 2.24) is 4.90 Å². The van der Waals surface area contributed by atoms with Crippen molar-refractivity contribution >= 4 is 15.7 Å². The van der Waals surface area contributed by atoms with Crippen molar-refractivity contribution in [1.29, 1.82) is 0 Å². The molecule has 0 aliphatic carbocycles. The number of hydrogen-bond acceptors (Lipinski definition) is 3. The lowest BCUT2D eigenvalue weighted by molar-refractivity contribution is 0.0707. The van der Waals surface area contributed by atoms with E-state index in [-0.39, 0.29) is 30.0 Å². The first kappa shape index (κ1) is 15.8. The molecule has 4 nitrogen and oxygen atoms in total. The Kier molecular flexibility index (Phi) is 4.27. The molecule has 0 N–H and O–H groups in total. The van der Waals surface area contributed by atoms with Gasteiger partial charge in [-0.15, -0.1) is 0 Å². The van der Waals surface area contributed by atoms with Crippen LogP contribution >= 0.6 is 0 Å². The third-order valence-electron chi connectivity index (χ3n) is 3.48. The molecule has 1 atom stereocenters. The number of amides is 1. The van der Waals surface area contributed by atoms with Crippen LogP contribution in [0.15, 0.2) is 12.1 Å². The van der Waals surface area contributed by atoms with Gasteiger partial charge in [-0.3, -0.25) is 4.79 Å². The molecule has 8 heteroatoms.